The second kappa shape index (κ2) is 8.89. The number of ether oxygens (including phenoxy) is 1. The van der Waals surface area contributed by atoms with Gasteiger partial charge in [-0.15, -0.1) is 11.3 Å². The third kappa shape index (κ3) is 5.86. The number of rotatable bonds is 9. The van der Waals surface area contributed by atoms with Crippen molar-refractivity contribution in [2.24, 2.45) is 0 Å². The monoisotopic (exact) mass is 297 g/mol. The molecule has 20 heavy (non-hydrogen) atoms. The van der Waals surface area contributed by atoms with Crippen molar-refractivity contribution in [3.63, 3.8) is 0 Å². The maximum atomic E-state index is 10.5. The molecule has 1 rings (SSSR count). The maximum absolute atomic E-state index is 10.5. The van der Waals surface area contributed by atoms with Crippen LogP contribution in [0.5, 0.6) is 0 Å². The van der Waals surface area contributed by atoms with E-state index in [2.05, 4.69) is 18.7 Å². The Bertz CT molecular complexity index is 442. The number of carboxylic acid groups (broad SMARTS) is 1. The van der Waals surface area contributed by atoms with E-state index in [4.69, 9.17) is 9.84 Å². The highest BCUT2D eigenvalue weighted by atomic mass is 32.1. The first-order valence-corrected chi connectivity index (χ1v) is 7.66. The highest BCUT2D eigenvalue weighted by molar-refractivity contribution is 7.10. The largest absolute Gasteiger partial charge is 0.478 e. The molecule has 0 spiro atoms. The number of nitrogens with zero attached hydrogens (tertiary/aromatic N) is 1. The van der Waals surface area contributed by atoms with Crippen molar-refractivity contribution >= 4 is 23.4 Å². The van der Waals surface area contributed by atoms with Gasteiger partial charge in [0, 0.05) is 37.2 Å². The van der Waals surface area contributed by atoms with E-state index in [0.29, 0.717) is 6.04 Å². The smallest absolute Gasteiger partial charge is 0.328 e. The molecule has 0 aliphatic carbocycles. The molecule has 1 aromatic rings. The van der Waals surface area contributed by atoms with Crippen LogP contribution in [0.4, 0.5) is 0 Å². The number of methoxy groups -OCH3 is 1. The van der Waals surface area contributed by atoms with Gasteiger partial charge in [-0.2, -0.15) is 0 Å². The van der Waals surface area contributed by atoms with Gasteiger partial charge in [0.15, 0.2) is 0 Å². The Morgan fingerprint density at radius 1 is 1.60 bits per heavy atom. The molecule has 112 valence electrons. The fourth-order valence-corrected chi connectivity index (χ4v) is 2.74. The Labute approximate surface area is 124 Å². The molecule has 5 heteroatoms. The van der Waals surface area contributed by atoms with Crippen LogP contribution >= 0.6 is 11.3 Å². The van der Waals surface area contributed by atoms with Crippen molar-refractivity contribution in [1.29, 1.82) is 0 Å². The maximum Gasteiger partial charge on any atom is 0.328 e. The van der Waals surface area contributed by atoms with Gasteiger partial charge in [0.1, 0.15) is 0 Å². The van der Waals surface area contributed by atoms with Gasteiger partial charge in [-0.1, -0.05) is 6.92 Å². The molecule has 0 bridgehead atoms. The van der Waals surface area contributed by atoms with Crippen LogP contribution < -0.4 is 0 Å². The molecule has 0 aromatic carbocycles. The quantitative estimate of drug-likeness (QED) is 0.712. The van der Waals surface area contributed by atoms with Crippen molar-refractivity contribution < 1.29 is 14.6 Å². The molecule has 0 saturated heterocycles. The summed E-state index contributed by atoms with van der Waals surface area (Å²) in [5.74, 6) is -0.918. The predicted octanol–water partition coefficient (Wildman–Crippen LogP) is 3.09. The number of hydrogen-bond acceptors (Lipinski definition) is 4. The summed E-state index contributed by atoms with van der Waals surface area (Å²) >= 11 is 1.66. The first-order valence-electron chi connectivity index (χ1n) is 6.78. The van der Waals surface area contributed by atoms with Crippen LogP contribution in [0.15, 0.2) is 17.5 Å². The summed E-state index contributed by atoms with van der Waals surface area (Å²) in [4.78, 5) is 14.1. The van der Waals surface area contributed by atoms with Crippen molar-refractivity contribution in [1.82, 2.24) is 4.90 Å². The lowest BCUT2D eigenvalue weighted by atomic mass is 10.2. The van der Waals surface area contributed by atoms with Gasteiger partial charge in [-0.3, -0.25) is 4.90 Å². The fourth-order valence-electron chi connectivity index (χ4n) is 1.86. The average Bonchev–Trinajstić information content (AvgIpc) is 2.88. The molecular formula is C15H23NO3S. The molecule has 0 saturated carbocycles. The van der Waals surface area contributed by atoms with Crippen LogP contribution in [0.25, 0.3) is 6.08 Å². The van der Waals surface area contributed by atoms with Gasteiger partial charge < -0.3 is 9.84 Å². The lowest BCUT2D eigenvalue weighted by Gasteiger charge is -2.27. The second-order valence-corrected chi connectivity index (χ2v) is 5.73. The summed E-state index contributed by atoms with van der Waals surface area (Å²) in [6.07, 6.45) is 3.90. The Morgan fingerprint density at radius 2 is 2.35 bits per heavy atom. The number of carbonyl (C=O) groups is 1. The highest BCUT2D eigenvalue weighted by Crippen LogP contribution is 2.19. The lowest BCUT2D eigenvalue weighted by molar-refractivity contribution is -0.131. The van der Waals surface area contributed by atoms with Gasteiger partial charge in [0.25, 0.3) is 0 Å². The van der Waals surface area contributed by atoms with Gasteiger partial charge in [0.2, 0.25) is 0 Å². The van der Waals surface area contributed by atoms with Gasteiger partial charge in [-0.25, -0.2) is 4.79 Å². The van der Waals surface area contributed by atoms with Gasteiger partial charge >= 0.3 is 5.97 Å². The lowest BCUT2D eigenvalue weighted by Crippen LogP contribution is -2.34. The third-order valence-electron chi connectivity index (χ3n) is 3.25. The van der Waals surface area contributed by atoms with Crippen LogP contribution in [0.2, 0.25) is 0 Å². The fraction of sp³-hybridized carbons (Fsp3) is 0.533. The molecule has 0 amide bonds. The Hall–Kier alpha value is -1.17. The zero-order chi connectivity index (χ0) is 15.0. The van der Waals surface area contributed by atoms with E-state index in [1.54, 1.807) is 24.5 Å². The van der Waals surface area contributed by atoms with E-state index in [-0.39, 0.29) is 0 Å². The van der Waals surface area contributed by atoms with Crippen LogP contribution in [-0.4, -0.2) is 42.3 Å². The molecule has 0 aliphatic rings. The van der Waals surface area contributed by atoms with Crippen molar-refractivity contribution in [2.45, 2.75) is 32.9 Å². The van der Waals surface area contributed by atoms with E-state index in [1.165, 1.54) is 11.0 Å². The number of thiophene rings is 1. The first-order chi connectivity index (χ1) is 9.56. The van der Waals surface area contributed by atoms with Crippen LogP contribution in [0, 0.1) is 0 Å². The molecule has 0 aliphatic heterocycles. The molecule has 1 heterocycles. The first kappa shape index (κ1) is 16.9. The minimum atomic E-state index is -0.918. The molecular weight excluding hydrogens is 274 g/mol. The SMILES string of the molecule is CCC(C)N(CCOC)Cc1cc(C=CC(=O)O)cs1. The summed E-state index contributed by atoms with van der Waals surface area (Å²) in [7, 11) is 1.72. The summed E-state index contributed by atoms with van der Waals surface area (Å²) < 4.78 is 5.16. The minimum Gasteiger partial charge on any atom is -0.478 e. The topological polar surface area (TPSA) is 49.8 Å². The normalized spacial score (nSPS) is 13.2. The zero-order valence-electron chi connectivity index (χ0n) is 12.3. The Morgan fingerprint density at radius 3 is 2.95 bits per heavy atom. The zero-order valence-corrected chi connectivity index (χ0v) is 13.2. The summed E-state index contributed by atoms with van der Waals surface area (Å²) in [6.45, 7) is 6.91. The molecule has 1 unspecified atom stereocenters. The minimum absolute atomic E-state index is 0.505. The van der Waals surface area contributed by atoms with E-state index in [9.17, 15) is 4.79 Å². The average molecular weight is 297 g/mol. The molecule has 1 N–H and O–H groups in total. The summed E-state index contributed by atoms with van der Waals surface area (Å²) in [6, 6.07) is 2.55. The van der Waals surface area contributed by atoms with E-state index in [0.717, 1.165) is 31.7 Å². The number of aliphatic carboxylic acids is 1. The second-order valence-electron chi connectivity index (χ2n) is 4.74. The summed E-state index contributed by atoms with van der Waals surface area (Å²) in [5, 5.41) is 10.6. The summed E-state index contributed by atoms with van der Waals surface area (Å²) in [5.41, 5.74) is 0.947. The third-order valence-corrected chi connectivity index (χ3v) is 4.19. The van der Waals surface area contributed by atoms with Gasteiger partial charge in [0.05, 0.1) is 6.61 Å². The molecule has 4 nitrogen and oxygen atoms in total. The van der Waals surface area contributed by atoms with Crippen LogP contribution in [-0.2, 0) is 16.1 Å². The predicted molar refractivity (Wildman–Crippen MR) is 83.0 cm³/mol. The van der Waals surface area contributed by atoms with Crippen LogP contribution in [0.1, 0.15) is 30.7 Å². The standard InChI is InChI=1S/C15H23NO3S/c1-4-12(2)16(7-8-19-3)10-14-9-13(11-20-14)5-6-15(17)18/h5-6,9,11-12H,4,7-8,10H2,1-3H3,(H,17,18). The van der Waals surface area contributed by atoms with Gasteiger partial charge in [-0.05, 0) is 36.4 Å². The van der Waals surface area contributed by atoms with E-state index >= 15 is 0 Å². The van der Waals surface area contributed by atoms with Crippen molar-refractivity contribution in [3.8, 4) is 0 Å². The van der Waals surface area contributed by atoms with E-state index in [1.807, 2.05) is 11.4 Å². The molecule has 0 fully saturated rings. The molecule has 0 radical (unpaired) electrons. The highest BCUT2D eigenvalue weighted by Gasteiger charge is 2.13. The Kier molecular flexibility index (Phi) is 7.51. The number of carboxylic acids is 1. The molecule has 1 aromatic heterocycles. The van der Waals surface area contributed by atoms with E-state index < -0.39 is 5.97 Å². The number of hydrogen-bond donors (Lipinski definition) is 1. The Balaban J connectivity index is 2.66. The molecule has 1 atom stereocenters. The van der Waals surface area contributed by atoms with Crippen molar-refractivity contribution in [3.05, 3.63) is 28.0 Å². The van der Waals surface area contributed by atoms with Crippen LogP contribution in [0.3, 0.4) is 0 Å². The van der Waals surface area contributed by atoms with Crippen molar-refractivity contribution in [2.75, 3.05) is 20.3 Å².